The molecule has 1 saturated carbocycles. The molecule has 3 N–H and O–H groups in total. The third kappa shape index (κ3) is 4.15. The molecule has 5 nitrogen and oxygen atoms in total. The molecular formula is C18H30N4O. The minimum absolute atomic E-state index is 0.254. The van der Waals surface area contributed by atoms with Crippen LogP contribution in [0.5, 0.6) is 0 Å². The van der Waals surface area contributed by atoms with Gasteiger partial charge >= 0.3 is 0 Å². The Hall–Kier alpha value is -1.33. The van der Waals surface area contributed by atoms with Crippen LogP contribution in [0.25, 0.3) is 0 Å². The van der Waals surface area contributed by atoms with Crippen LogP contribution in [0.4, 0.5) is 11.5 Å². The highest BCUT2D eigenvalue weighted by Gasteiger charge is 2.24. The second kappa shape index (κ2) is 7.05. The number of rotatable bonds is 3. The zero-order valence-electron chi connectivity index (χ0n) is 14.6. The third-order valence-electron chi connectivity index (χ3n) is 4.91. The van der Waals surface area contributed by atoms with Crippen molar-refractivity contribution in [3.8, 4) is 0 Å². The van der Waals surface area contributed by atoms with Gasteiger partial charge in [0.05, 0.1) is 24.1 Å². The van der Waals surface area contributed by atoms with Crippen LogP contribution in [0, 0.1) is 6.92 Å². The van der Waals surface area contributed by atoms with E-state index >= 15 is 0 Å². The van der Waals surface area contributed by atoms with Crippen LogP contribution in [0.3, 0.4) is 0 Å². The van der Waals surface area contributed by atoms with Gasteiger partial charge in [-0.2, -0.15) is 0 Å². The van der Waals surface area contributed by atoms with Gasteiger partial charge in [0.2, 0.25) is 0 Å². The average molecular weight is 318 g/mol. The van der Waals surface area contributed by atoms with Crippen molar-refractivity contribution in [2.45, 2.75) is 70.7 Å². The first-order valence-electron chi connectivity index (χ1n) is 8.90. The van der Waals surface area contributed by atoms with E-state index < -0.39 is 0 Å². The summed E-state index contributed by atoms with van der Waals surface area (Å²) in [6.45, 7) is 8.22. The van der Waals surface area contributed by atoms with E-state index in [1.807, 2.05) is 6.20 Å². The van der Waals surface area contributed by atoms with Crippen LogP contribution >= 0.6 is 0 Å². The van der Waals surface area contributed by atoms with Crippen molar-refractivity contribution in [1.29, 1.82) is 0 Å². The molecule has 1 aliphatic heterocycles. The van der Waals surface area contributed by atoms with E-state index in [2.05, 4.69) is 37.1 Å². The van der Waals surface area contributed by atoms with Crippen LogP contribution in [0.15, 0.2) is 12.3 Å². The number of hydrogen-bond acceptors (Lipinski definition) is 5. The molecule has 0 radical (unpaired) electrons. The molecule has 1 aromatic heterocycles. The van der Waals surface area contributed by atoms with Crippen molar-refractivity contribution in [1.82, 2.24) is 4.98 Å². The minimum Gasteiger partial charge on any atom is -0.381 e. The first-order valence-corrected chi connectivity index (χ1v) is 8.90. The van der Waals surface area contributed by atoms with Crippen LogP contribution in [-0.4, -0.2) is 42.4 Å². The van der Waals surface area contributed by atoms with E-state index in [-0.39, 0.29) is 12.2 Å². The van der Waals surface area contributed by atoms with Gasteiger partial charge in [-0.05, 0) is 58.1 Å². The SMILES string of the molecule is Cc1cc(NC2CCC(N)CC2)cnc1N1C[C@@H](C)O[C@@H](C)C1. The monoisotopic (exact) mass is 318 g/mol. The second-order valence-corrected chi connectivity index (χ2v) is 7.28. The molecule has 3 rings (SSSR count). The first kappa shape index (κ1) is 16.5. The summed E-state index contributed by atoms with van der Waals surface area (Å²) < 4.78 is 5.82. The number of aromatic nitrogens is 1. The molecule has 1 saturated heterocycles. The topological polar surface area (TPSA) is 63.4 Å². The summed E-state index contributed by atoms with van der Waals surface area (Å²) in [5, 5.41) is 3.63. The van der Waals surface area contributed by atoms with Gasteiger partial charge in [0, 0.05) is 25.2 Å². The number of nitrogens with zero attached hydrogens (tertiary/aromatic N) is 2. The number of nitrogens with two attached hydrogens (primary N) is 1. The Morgan fingerprint density at radius 2 is 1.83 bits per heavy atom. The Bertz CT molecular complexity index is 518. The fourth-order valence-electron chi connectivity index (χ4n) is 3.83. The Labute approximate surface area is 139 Å². The summed E-state index contributed by atoms with van der Waals surface area (Å²) in [6, 6.07) is 3.15. The average Bonchev–Trinajstić information content (AvgIpc) is 2.49. The van der Waals surface area contributed by atoms with E-state index in [1.54, 1.807) is 0 Å². The molecule has 2 fully saturated rings. The van der Waals surface area contributed by atoms with Gasteiger partial charge in [-0.1, -0.05) is 0 Å². The Morgan fingerprint density at radius 3 is 2.43 bits per heavy atom. The predicted octanol–water partition coefficient (Wildman–Crippen LogP) is 2.69. The summed E-state index contributed by atoms with van der Waals surface area (Å²) in [5.74, 6) is 1.09. The standard InChI is InChI=1S/C18H30N4O/c1-12-8-17(21-16-6-4-15(19)5-7-16)9-20-18(12)22-10-13(2)23-14(3)11-22/h8-9,13-16,21H,4-7,10-11,19H2,1-3H3/t13-,14+,15?,16?. The number of hydrogen-bond donors (Lipinski definition) is 2. The van der Waals surface area contributed by atoms with E-state index in [4.69, 9.17) is 15.5 Å². The lowest BCUT2D eigenvalue weighted by atomic mass is 9.92. The van der Waals surface area contributed by atoms with Gasteiger partial charge in [0.25, 0.3) is 0 Å². The summed E-state index contributed by atoms with van der Waals surface area (Å²) in [5.41, 5.74) is 8.34. The molecule has 0 bridgehead atoms. The predicted molar refractivity (Wildman–Crippen MR) is 95.1 cm³/mol. The highest BCUT2D eigenvalue weighted by Crippen LogP contribution is 2.26. The van der Waals surface area contributed by atoms with Crippen molar-refractivity contribution in [2.75, 3.05) is 23.3 Å². The number of pyridine rings is 1. The maximum atomic E-state index is 5.98. The maximum Gasteiger partial charge on any atom is 0.131 e. The minimum atomic E-state index is 0.254. The largest absolute Gasteiger partial charge is 0.381 e. The number of aryl methyl sites for hydroxylation is 1. The number of nitrogens with one attached hydrogen (secondary N) is 1. The Balaban J connectivity index is 1.66. The van der Waals surface area contributed by atoms with E-state index in [0.717, 1.165) is 50.3 Å². The van der Waals surface area contributed by atoms with Crippen molar-refractivity contribution < 1.29 is 4.74 Å². The molecule has 2 heterocycles. The number of anilines is 2. The molecule has 0 aromatic carbocycles. The van der Waals surface area contributed by atoms with E-state index in [9.17, 15) is 0 Å². The molecule has 2 aliphatic rings. The molecular weight excluding hydrogens is 288 g/mol. The smallest absolute Gasteiger partial charge is 0.131 e. The van der Waals surface area contributed by atoms with E-state index in [1.165, 1.54) is 5.56 Å². The molecule has 0 spiro atoms. The zero-order valence-corrected chi connectivity index (χ0v) is 14.6. The molecule has 128 valence electrons. The number of ether oxygens (including phenoxy) is 1. The highest BCUT2D eigenvalue weighted by molar-refractivity contribution is 5.55. The molecule has 1 aliphatic carbocycles. The quantitative estimate of drug-likeness (QED) is 0.897. The van der Waals surface area contributed by atoms with Crippen LogP contribution in [0.1, 0.15) is 45.1 Å². The summed E-state index contributed by atoms with van der Waals surface area (Å²) >= 11 is 0. The molecule has 1 aromatic rings. The lowest BCUT2D eigenvalue weighted by Crippen LogP contribution is -2.46. The third-order valence-corrected chi connectivity index (χ3v) is 4.91. The van der Waals surface area contributed by atoms with Crippen molar-refractivity contribution >= 4 is 11.5 Å². The fraction of sp³-hybridized carbons (Fsp3) is 0.722. The van der Waals surface area contributed by atoms with Gasteiger partial charge in [-0.3, -0.25) is 0 Å². The second-order valence-electron chi connectivity index (χ2n) is 7.28. The molecule has 5 heteroatoms. The number of morpholine rings is 1. The summed E-state index contributed by atoms with van der Waals surface area (Å²) in [4.78, 5) is 7.08. The van der Waals surface area contributed by atoms with Crippen LogP contribution in [0.2, 0.25) is 0 Å². The zero-order chi connectivity index (χ0) is 16.4. The van der Waals surface area contributed by atoms with E-state index in [0.29, 0.717) is 12.1 Å². The van der Waals surface area contributed by atoms with Gasteiger partial charge in [-0.15, -0.1) is 0 Å². The lowest BCUT2D eigenvalue weighted by molar-refractivity contribution is -0.00548. The summed E-state index contributed by atoms with van der Waals surface area (Å²) in [6.07, 6.45) is 7.02. The molecule has 2 atom stereocenters. The van der Waals surface area contributed by atoms with Gasteiger partial charge < -0.3 is 20.7 Å². The van der Waals surface area contributed by atoms with Gasteiger partial charge in [0.15, 0.2) is 0 Å². The Morgan fingerprint density at radius 1 is 1.17 bits per heavy atom. The van der Waals surface area contributed by atoms with Crippen molar-refractivity contribution in [3.63, 3.8) is 0 Å². The summed E-state index contributed by atoms with van der Waals surface area (Å²) in [7, 11) is 0. The van der Waals surface area contributed by atoms with Gasteiger partial charge in [0.1, 0.15) is 5.82 Å². The maximum absolute atomic E-state index is 5.98. The first-order chi connectivity index (χ1) is 11.0. The van der Waals surface area contributed by atoms with Crippen molar-refractivity contribution in [2.24, 2.45) is 5.73 Å². The molecule has 0 unspecified atom stereocenters. The van der Waals surface area contributed by atoms with Crippen LogP contribution < -0.4 is 16.0 Å². The molecule has 0 amide bonds. The van der Waals surface area contributed by atoms with Gasteiger partial charge in [-0.25, -0.2) is 4.98 Å². The normalized spacial score (nSPS) is 31.9. The fourth-order valence-corrected chi connectivity index (χ4v) is 3.83. The van der Waals surface area contributed by atoms with Crippen molar-refractivity contribution in [3.05, 3.63) is 17.8 Å². The Kier molecular flexibility index (Phi) is 5.07. The lowest BCUT2D eigenvalue weighted by Gasteiger charge is -2.37. The highest BCUT2D eigenvalue weighted by atomic mass is 16.5. The molecule has 23 heavy (non-hydrogen) atoms. The van der Waals surface area contributed by atoms with Crippen LogP contribution in [-0.2, 0) is 4.74 Å².